The fourth-order valence-corrected chi connectivity index (χ4v) is 1.50. The SMILES string of the molecule is Cc1nc(COc2cccc([N+](=O)[O-])c2C)no1. The maximum Gasteiger partial charge on any atom is 0.276 e. The topological polar surface area (TPSA) is 91.3 Å². The van der Waals surface area contributed by atoms with Crippen molar-refractivity contribution >= 4 is 5.69 Å². The molecular weight excluding hydrogens is 238 g/mol. The molecule has 2 aromatic rings. The summed E-state index contributed by atoms with van der Waals surface area (Å²) in [6.07, 6.45) is 0. The lowest BCUT2D eigenvalue weighted by Gasteiger charge is -2.06. The van der Waals surface area contributed by atoms with Crippen molar-refractivity contribution in [1.29, 1.82) is 0 Å². The summed E-state index contributed by atoms with van der Waals surface area (Å²) in [4.78, 5) is 14.3. The van der Waals surface area contributed by atoms with Crippen LogP contribution >= 0.6 is 0 Å². The van der Waals surface area contributed by atoms with Crippen LogP contribution in [0.2, 0.25) is 0 Å². The van der Waals surface area contributed by atoms with Gasteiger partial charge in [-0.2, -0.15) is 4.98 Å². The lowest BCUT2D eigenvalue weighted by atomic mass is 10.2. The van der Waals surface area contributed by atoms with E-state index in [0.717, 1.165) is 0 Å². The maximum atomic E-state index is 10.8. The van der Waals surface area contributed by atoms with Gasteiger partial charge >= 0.3 is 0 Å². The second kappa shape index (κ2) is 4.82. The van der Waals surface area contributed by atoms with Gasteiger partial charge in [0.25, 0.3) is 5.69 Å². The summed E-state index contributed by atoms with van der Waals surface area (Å²) in [5, 5.41) is 14.4. The number of aryl methyl sites for hydroxylation is 1. The number of hydrogen-bond donors (Lipinski definition) is 0. The second-order valence-corrected chi connectivity index (χ2v) is 3.68. The molecule has 0 fully saturated rings. The number of nitro benzene ring substituents is 1. The van der Waals surface area contributed by atoms with Gasteiger partial charge < -0.3 is 9.26 Å². The zero-order chi connectivity index (χ0) is 13.1. The smallest absolute Gasteiger partial charge is 0.276 e. The van der Waals surface area contributed by atoms with Gasteiger partial charge in [-0.05, 0) is 13.0 Å². The molecule has 0 aliphatic heterocycles. The molecule has 2 rings (SSSR count). The highest BCUT2D eigenvalue weighted by atomic mass is 16.6. The summed E-state index contributed by atoms with van der Waals surface area (Å²) in [5.74, 6) is 1.29. The molecule has 7 nitrogen and oxygen atoms in total. The molecule has 94 valence electrons. The minimum Gasteiger partial charge on any atom is -0.485 e. The van der Waals surface area contributed by atoms with E-state index in [0.29, 0.717) is 23.0 Å². The average Bonchev–Trinajstić information content (AvgIpc) is 2.73. The third kappa shape index (κ3) is 2.45. The molecule has 0 spiro atoms. The zero-order valence-electron chi connectivity index (χ0n) is 9.91. The summed E-state index contributed by atoms with van der Waals surface area (Å²) in [6.45, 7) is 3.42. The number of ether oxygens (including phenoxy) is 1. The Bertz CT molecular complexity index is 579. The van der Waals surface area contributed by atoms with Gasteiger partial charge in [0.2, 0.25) is 11.7 Å². The first-order valence-electron chi connectivity index (χ1n) is 5.24. The number of rotatable bonds is 4. The van der Waals surface area contributed by atoms with E-state index >= 15 is 0 Å². The molecule has 0 N–H and O–H groups in total. The van der Waals surface area contributed by atoms with E-state index in [1.54, 1.807) is 26.0 Å². The Morgan fingerprint density at radius 1 is 1.44 bits per heavy atom. The third-order valence-corrected chi connectivity index (χ3v) is 2.38. The molecule has 1 aromatic heterocycles. The Labute approximate surface area is 103 Å². The molecule has 1 aromatic carbocycles. The molecule has 0 saturated carbocycles. The monoisotopic (exact) mass is 249 g/mol. The van der Waals surface area contributed by atoms with E-state index in [9.17, 15) is 10.1 Å². The standard InChI is InChI=1S/C11H11N3O4/c1-7-9(14(15)16)4-3-5-10(7)17-6-11-12-8(2)18-13-11/h3-5H,6H2,1-2H3. The van der Waals surface area contributed by atoms with Crippen LogP contribution in [0.3, 0.4) is 0 Å². The van der Waals surface area contributed by atoms with Gasteiger partial charge in [0, 0.05) is 13.0 Å². The van der Waals surface area contributed by atoms with Crippen LogP contribution in [0, 0.1) is 24.0 Å². The molecule has 0 unspecified atom stereocenters. The van der Waals surface area contributed by atoms with E-state index in [1.165, 1.54) is 6.07 Å². The Hall–Kier alpha value is -2.44. The van der Waals surface area contributed by atoms with Crippen LogP contribution in [0.1, 0.15) is 17.3 Å². The summed E-state index contributed by atoms with van der Waals surface area (Å²) in [5.41, 5.74) is 0.500. The highest BCUT2D eigenvalue weighted by Crippen LogP contribution is 2.27. The predicted octanol–water partition coefficient (Wildman–Crippen LogP) is 2.17. The number of nitro groups is 1. The molecule has 0 atom stereocenters. The number of aromatic nitrogens is 2. The first-order chi connectivity index (χ1) is 8.58. The van der Waals surface area contributed by atoms with Crippen LogP contribution < -0.4 is 4.74 Å². The normalized spacial score (nSPS) is 10.3. The highest BCUT2D eigenvalue weighted by Gasteiger charge is 2.14. The molecular formula is C11H11N3O4. The van der Waals surface area contributed by atoms with Gasteiger partial charge in [-0.1, -0.05) is 11.2 Å². The molecule has 0 saturated heterocycles. The van der Waals surface area contributed by atoms with Crippen molar-refractivity contribution in [2.24, 2.45) is 0 Å². The summed E-state index contributed by atoms with van der Waals surface area (Å²) < 4.78 is 10.2. The summed E-state index contributed by atoms with van der Waals surface area (Å²) >= 11 is 0. The van der Waals surface area contributed by atoms with Gasteiger partial charge in [0.15, 0.2) is 6.61 Å². The van der Waals surface area contributed by atoms with E-state index in [2.05, 4.69) is 10.1 Å². The van der Waals surface area contributed by atoms with Crippen LogP contribution in [0.4, 0.5) is 5.69 Å². The Kier molecular flexibility index (Phi) is 3.22. The van der Waals surface area contributed by atoms with E-state index in [1.807, 2.05) is 0 Å². The molecule has 0 radical (unpaired) electrons. The predicted molar refractivity (Wildman–Crippen MR) is 61.2 cm³/mol. The summed E-state index contributed by atoms with van der Waals surface area (Å²) in [6, 6.07) is 4.66. The van der Waals surface area contributed by atoms with Crippen molar-refractivity contribution in [3.8, 4) is 5.75 Å². The number of nitrogens with zero attached hydrogens (tertiary/aromatic N) is 3. The van der Waals surface area contributed by atoms with Gasteiger partial charge in [-0.3, -0.25) is 10.1 Å². The third-order valence-electron chi connectivity index (χ3n) is 2.38. The minimum atomic E-state index is -0.444. The van der Waals surface area contributed by atoms with Crippen LogP contribution in [-0.4, -0.2) is 15.1 Å². The molecule has 0 amide bonds. The molecule has 0 bridgehead atoms. The van der Waals surface area contributed by atoms with Gasteiger partial charge in [0.05, 0.1) is 10.5 Å². The fourth-order valence-electron chi connectivity index (χ4n) is 1.50. The Morgan fingerprint density at radius 2 is 2.22 bits per heavy atom. The van der Waals surface area contributed by atoms with Gasteiger partial charge in [0.1, 0.15) is 5.75 Å². The van der Waals surface area contributed by atoms with Crippen molar-refractivity contribution in [2.75, 3.05) is 0 Å². The molecule has 0 aliphatic carbocycles. The second-order valence-electron chi connectivity index (χ2n) is 3.68. The van der Waals surface area contributed by atoms with Gasteiger partial charge in [-0.15, -0.1) is 0 Å². The minimum absolute atomic E-state index is 0.0248. The van der Waals surface area contributed by atoms with Crippen LogP contribution in [0.5, 0.6) is 5.75 Å². The lowest BCUT2D eigenvalue weighted by molar-refractivity contribution is -0.385. The first kappa shape index (κ1) is 12.0. The van der Waals surface area contributed by atoms with Crippen molar-refractivity contribution in [3.05, 3.63) is 45.6 Å². The zero-order valence-corrected chi connectivity index (χ0v) is 9.91. The maximum absolute atomic E-state index is 10.8. The molecule has 18 heavy (non-hydrogen) atoms. The van der Waals surface area contributed by atoms with Crippen LogP contribution in [0.25, 0.3) is 0 Å². The Morgan fingerprint density at radius 3 is 2.83 bits per heavy atom. The average molecular weight is 249 g/mol. The first-order valence-corrected chi connectivity index (χ1v) is 5.24. The van der Waals surface area contributed by atoms with Crippen molar-refractivity contribution in [2.45, 2.75) is 20.5 Å². The van der Waals surface area contributed by atoms with Gasteiger partial charge in [-0.25, -0.2) is 0 Å². The lowest BCUT2D eigenvalue weighted by Crippen LogP contribution is -2.00. The van der Waals surface area contributed by atoms with Crippen LogP contribution in [0.15, 0.2) is 22.7 Å². The Balaban J connectivity index is 2.14. The summed E-state index contributed by atoms with van der Waals surface area (Å²) in [7, 11) is 0. The van der Waals surface area contributed by atoms with Crippen molar-refractivity contribution in [1.82, 2.24) is 10.1 Å². The quantitative estimate of drug-likeness (QED) is 0.609. The number of benzene rings is 1. The van der Waals surface area contributed by atoms with Crippen molar-refractivity contribution < 1.29 is 14.2 Å². The molecule has 0 aliphatic rings. The van der Waals surface area contributed by atoms with E-state index in [-0.39, 0.29) is 12.3 Å². The molecule has 7 heteroatoms. The highest BCUT2D eigenvalue weighted by molar-refractivity contribution is 5.48. The molecule has 1 heterocycles. The van der Waals surface area contributed by atoms with Crippen molar-refractivity contribution in [3.63, 3.8) is 0 Å². The number of hydrogen-bond acceptors (Lipinski definition) is 6. The van der Waals surface area contributed by atoms with E-state index in [4.69, 9.17) is 9.26 Å². The fraction of sp³-hybridized carbons (Fsp3) is 0.273. The largest absolute Gasteiger partial charge is 0.485 e. The van der Waals surface area contributed by atoms with Crippen LogP contribution in [-0.2, 0) is 6.61 Å². The van der Waals surface area contributed by atoms with E-state index < -0.39 is 4.92 Å².